The van der Waals surface area contributed by atoms with E-state index >= 15 is 0 Å². The molecule has 0 aliphatic heterocycles. The molecule has 0 saturated carbocycles. The molecule has 22 heavy (non-hydrogen) atoms. The Morgan fingerprint density at radius 3 is 2.00 bits per heavy atom. The summed E-state index contributed by atoms with van der Waals surface area (Å²) in [4.78, 5) is 0. The second-order valence-electron chi connectivity index (χ2n) is 5.62. The van der Waals surface area contributed by atoms with Crippen LogP contribution in [0.1, 0.15) is 49.5 Å². The van der Waals surface area contributed by atoms with Crippen LogP contribution in [0.4, 0.5) is 0 Å². The summed E-state index contributed by atoms with van der Waals surface area (Å²) in [5.74, 6) is 0. The highest BCUT2D eigenvalue weighted by molar-refractivity contribution is 5.26. The first-order valence-electron chi connectivity index (χ1n) is 8.23. The molecule has 2 rings (SSSR count). The molecule has 0 aliphatic carbocycles. The zero-order valence-electron chi connectivity index (χ0n) is 13.7. The van der Waals surface area contributed by atoms with E-state index in [9.17, 15) is 0 Å². The zero-order chi connectivity index (χ0) is 15.6. The highest BCUT2D eigenvalue weighted by Gasteiger charge is 2.23. The van der Waals surface area contributed by atoms with Crippen LogP contribution in [0.2, 0.25) is 0 Å². The second kappa shape index (κ2) is 9.39. The van der Waals surface area contributed by atoms with Crippen LogP contribution in [0, 0.1) is 0 Å². The van der Waals surface area contributed by atoms with Crippen LogP contribution in [-0.4, -0.2) is 13.7 Å². The fourth-order valence-corrected chi connectivity index (χ4v) is 2.80. The number of hydrogen-bond acceptors (Lipinski definition) is 2. The summed E-state index contributed by atoms with van der Waals surface area (Å²) in [5.41, 5.74) is 2.48. The third-order valence-electron chi connectivity index (χ3n) is 3.99. The van der Waals surface area contributed by atoms with Gasteiger partial charge in [-0.3, -0.25) is 0 Å². The van der Waals surface area contributed by atoms with Crippen molar-refractivity contribution in [1.29, 1.82) is 0 Å². The molecular weight excluding hydrogens is 270 g/mol. The quantitative estimate of drug-likeness (QED) is 0.665. The maximum Gasteiger partial charge on any atom is 0.102 e. The van der Waals surface area contributed by atoms with E-state index in [0.717, 1.165) is 6.54 Å². The van der Waals surface area contributed by atoms with Gasteiger partial charge in [0.15, 0.2) is 0 Å². The number of ether oxygens (including phenoxy) is 1. The number of hydrogen-bond donors (Lipinski definition) is 1. The molecule has 0 spiro atoms. The molecule has 2 aromatic carbocycles. The maximum absolute atomic E-state index is 5.85. The summed E-state index contributed by atoms with van der Waals surface area (Å²) in [7, 11) is 1.79. The zero-order valence-corrected chi connectivity index (χ0v) is 13.7. The first-order chi connectivity index (χ1) is 10.9. The van der Waals surface area contributed by atoms with E-state index in [-0.39, 0.29) is 12.1 Å². The summed E-state index contributed by atoms with van der Waals surface area (Å²) in [5, 5.41) is 3.70. The molecule has 0 aromatic heterocycles. The average molecular weight is 297 g/mol. The van der Waals surface area contributed by atoms with Gasteiger partial charge < -0.3 is 10.1 Å². The summed E-state index contributed by atoms with van der Waals surface area (Å²) >= 11 is 0. The lowest BCUT2D eigenvalue weighted by atomic mass is 9.95. The van der Waals surface area contributed by atoms with E-state index in [1.165, 1.54) is 30.4 Å². The van der Waals surface area contributed by atoms with Gasteiger partial charge in [-0.25, -0.2) is 0 Å². The van der Waals surface area contributed by atoms with Gasteiger partial charge in [0.2, 0.25) is 0 Å². The topological polar surface area (TPSA) is 21.3 Å². The van der Waals surface area contributed by atoms with Gasteiger partial charge in [-0.15, -0.1) is 0 Å². The van der Waals surface area contributed by atoms with Crippen LogP contribution in [0.5, 0.6) is 0 Å². The van der Waals surface area contributed by atoms with Crippen molar-refractivity contribution in [2.45, 2.75) is 38.3 Å². The van der Waals surface area contributed by atoms with E-state index in [1.807, 2.05) is 6.07 Å². The van der Waals surface area contributed by atoms with Gasteiger partial charge >= 0.3 is 0 Å². The minimum atomic E-state index is 0.0187. The van der Waals surface area contributed by atoms with Crippen molar-refractivity contribution in [3.8, 4) is 0 Å². The molecule has 0 aliphatic rings. The van der Waals surface area contributed by atoms with Crippen LogP contribution in [0.3, 0.4) is 0 Å². The highest BCUT2D eigenvalue weighted by Crippen LogP contribution is 2.31. The Morgan fingerprint density at radius 1 is 0.864 bits per heavy atom. The summed E-state index contributed by atoms with van der Waals surface area (Å²) in [6, 6.07) is 21.2. The highest BCUT2D eigenvalue weighted by atomic mass is 16.5. The Labute approximate surface area is 134 Å². The van der Waals surface area contributed by atoms with E-state index in [1.54, 1.807) is 7.11 Å². The SMILES string of the molecule is CCCCCN[C@H](c1ccccc1)[C@@H](OC)c1ccccc1. The fraction of sp³-hybridized carbons (Fsp3) is 0.400. The minimum Gasteiger partial charge on any atom is -0.375 e. The van der Waals surface area contributed by atoms with Gasteiger partial charge in [-0.1, -0.05) is 80.4 Å². The molecule has 2 heteroatoms. The van der Waals surface area contributed by atoms with Crippen LogP contribution < -0.4 is 5.32 Å². The monoisotopic (exact) mass is 297 g/mol. The summed E-state index contributed by atoms with van der Waals surface area (Å²) in [6.07, 6.45) is 3.72. The second-order valence-corrected chi connectivity index (χ2v) is 5.62. The number of nitrogens with one attached hydrogen (secondary N) is 1. The Kier molecular flexibility index (Phi) is 7.14. The first-order valence-corrected chi connectivity index (χ1v) is 8.23. The van der Waals surface area contributed by atoms with Crippen molar-refractivity contribution < 1.29 is 4.74 Å². The molecule has 2 nitrogen and oxygen atoms in total. The minimum absolute atomic E-state index is 0.0187. The van der Waals surface area contributed by atoms with Crippen molar-refractivity contribution in [2.75, 3.05) is 13.7 Å². The molecule has 0 unspecified atom stereocenters. The van der Waals surface area contributed by atoms with Gasteiger partial charge in [-0.05, 0) is 24.1 Å². The van der Waals surface area contributed by atoms with Gasteiger partial charge in [0.25, 0.3) is 0 Å². The summed E-state index contributed by atoms with van der Waals surface area (Å²) < 4.78 is 5.85. The van der Waals surface area contributed by atoms with E-state index in [2.05, 4.69) is 66.8 Å². The molecule has 0 radical (unpaired) electrons. The lowest BCUT2D eigenvalue weighted by molar-refractivity contribution is 0.0674. The van der Waals surface area contributed by atoms with Gasteiger partial charge in [0.05, 0.1) is 6.04 Å². The molecule has 0 amide bonds. The third kappa shape index (κ3) is 4.69. The Balaban J connectivity index is 2.18. The molecule has 0 fully saturated rings. The number of rotatable bonds is 9. The molecule has 0 bridgehead atoms. The lowest BCUT2D eigenvalue weighted by Crippen LogP contribution is -2.29. The normalized spacial score (nSPS) is 13.7. The fourth-order valence-electron chi connectivity index (χ4n) is 2.80. The predicted molar refractivity (Wildman–Crippen MR) is 92.9 cm³/mol. The number of benzene rings is 2. The number of unbranched alkanes of at least 4 members (excludes halogenated alkanes) is 2. The van der Waals surface area contributed by atoms with Gasteiger partial charge in [-0.2, -0.15) is 0 Å². The van der Waals surface area contributed by atoms with Crippen LogP contribution in [0.25, 0.3) is 0 Å². The van der Waals surface area contributed by atoms with Crippen molar-refractivity contribution in [1.82, 2.24) is 5.32 Å². The molecule has 2 aromatic rings. The van der Waals surface area contributed by atoms with Gasteiger partial charge in [0, 0.05) is 7.11 Å². The van der Waals surface area contributed by atoms with Crippen LogP contribution >= 0.6 is 0 Å². The molecule has 0 heterocycles. The molecule has 2 atom stereocenters. The van der Waals surface area contributed by atoms with E-state index in [4.69, 9.17) is 4.74 Å². The molecule has 1 N–H and O–H groups in total. The predicted octanol–water partition coefficient (Wildman–Crippen LogP) is 4.90. The summed E-state index contributed by atoms with van der Waals surface area (Å²) in [6.45, 7) is 3.25. The van der Waals surface area contributed by atoms with Crippen LogP contribution in [-0.2, 0) is 4.74 Å². The maximum atomic E-state index is 5.85. The van der Waals surface area contributed by atoms with Crippen molar-refractivity contribution >= 4 is 0 Å². The van der Waals surface area contributed by atoms with Crippen molar-refractivity contribution in [3.05, 3.63) is 71.8 Å². The molecule has 0 saturated heterocycles. The largest absolute Gasteiger partial charge is 0.375 e. The van der Waals surface area contributed by atoms with E-state index in [0.29, 0.717) is 0 Å². The van der Waals surface area contributed by atoms with Gasteiger partial charge in [0.1, 0.15) is 6.10 Å². The Morgan fingerprint density at radius 2 is 1.45 bits per heavy atom. The standard InChI is InChI=1S/C20H27NO/c1-3-4-11-16-21-19(17-12-7-5-8-13-17)20(22-2)18-14-9-6-10-15-18/h5-10,12-15,19-21H,3-4,11,16H2,1-2H3/t19-,20+/m1/s1. The van der Waals surface area contributed by atoms with Crippen molar-refractivity contribution in [2.24, 2.45) is 0 Å². The number of methoxy groups -OCH3 is 1. The molecular formula is C20H27NO. The Bertz CT molecular complexity index is 512. The smallest absolute Gasteiger partial charge is 0.102 e. The molecule has 118 valence electrons. The Hall–Kier alpha value is -1.64. The average Bonchev–Trinajstić information content (AvgIpc) is 2.59. The van der Waals surface area contributed by atoms with Crippen molar-refractivity contribution in [3.63, 3.8) is 0 Å². The third-order valence-corrected chi connectivity index (χ3v) is 3.99. The van der Waals surface area contributed by atoms with Crippen LogP contribution in [0.15, 0.2) is 60.7 Å². The first kappa shape index (κ1) is 16.7. The lowest BCUT2D eigenvalue weighted by Gasteiger charge is -2.28. The van der Waals surface area contributed by atoms with E-state index < -0.39 is 0 Å².